The van der Waals surface area contributed by atoms with Gasteiger partial charge in [0.25, 0.3) is 5.91 Å². The topological polar surface area (TPSA) is 41.6 Å². The van der Waals surface area contributed by atoms with Crippen LogP contribution in [0, 0.1) is 0 Å². The second-order valence-corrected chi connectivity index (χ2v) is 7.83. The molecule has 1 unspecified atom stereocenters. The number of hydrogen-bond donors (Lipinski definition) is 1. The monoisotopic (exact) mass is 358 g/mol. The molecule has 0 saturated carbocycles. The molecule has 1 aromatic heterocycles. The Morgan fingerprint density at radius 1 is 1.28 bits per heavy atom. The number of amides is 1. The SMILES string of the molecule is COc1ccccc1C(CNC(=O)c1cc2c(s1)CCCC2)N(C)C. The number of hydrogen-bond acceptors (Lipinski definition) is 4. The molecule has 1 aromatic carbocycles. The number of nitrogens with zero attached hydrogens (tertiary/aromatic N) is 1. The second kappa shape index (κ2) is 8.02. The minimum atomic E-state index is 0.0288. The fourth-order valence-electron chi connectivity index (χ4n) is 3.39. The van der Waals surface area contributed by atoms with Gasteiger partial charge in [0.05, 0.1) is 18.0 Å². The van der Waals surface area contributed by atoms with Crippen LogP contribution in [-0.4, -0.2) is 38.6 Å². The van der Waals surface area contributed by atoms with Crippen LogP contribution in [0.1, 0.15) is 44.6 Å². The molecule has 4 nitrogen and oxygen atoms in total. The summed E-state index contributed by atoms with van der Waals surface area (Å²) in [5, 5.41) is 3.11. The summed E-state index contributed by atoms with van der Waals surface area (Å²) in [6, 6.07) is 10.1. The van der Waals surface area contributed by atoms with Crippen molar-refractivity contribution >= 4 is 17.2 Å². The van der Waals surface area contributed by atoms with Crippen LogP contribution in [0.25, 0.3) is 0 Å². The Morgan fingerprint density at radius 2 is 2.04 bits per heavy atom. The minimum absolute atomic E-state index is 0.0288. The van der Waals surface area contributed by atoms with Crippen molar-refractivity contribution in [3.8, 4) is 5.75 Å². The summed E-state index contributed by atoms with van der Waals surface area (Å²) in [5.74, 6) is 0.878. The quantitative estimate of drug-likeness (QED) is 0.857. The number of benzene rings is 1. The van der Waals surface area contributed by atoms with Crippen molar-refractivity contribution in [2.45, 2.75) is 31.7 Å². The predicted molar refractivity (Wildman–Crippen MR) is 103 cm³/mol. The molecule has 0 fully saturated rings. The number of thiophene rings is 1. The largest absolute Gasteiger partial charge is 0.496 e. The third kappa shape index (κ3) is 4.05. The maximum atomic E-state index is 12.6. The van der Waals surface area contributed by atoms with Crippen LogP contribution in [0.2, 0.25) is 0 Å². The van der Waals surface area contributed by atoms with Gasteiger partial charge in [-0.2, -0.15) is 0 Å². The van der Waals surface area contributed by atoms with E-state index in [1.54, 1.807) is 18.4 Å². The summed E-state index contributed by atoms with van der Waals surface area (Å²) in [7, 11) is 5.72. The normalized spacial score (nSPS) is 14.9. The first kappa shape index (κ1) is 18.0. The molecule has 1 aliphatic carbocycles. The van der Waals surface area contributed by atoms with Gasteiger partial charge in [-0.3, -0.25) is 4.79 Å². The number of methoxy groups -OCH3 is 1. The van der Waals surface area contributed by atoms with E-state index in [2.05, 4.69) is 22.3 Å². The Hall–Kier alpha value is -1.85. The lowest BCUT2D eigenvalue weighted by Gasteiger charge is -2.26. The van der Waals surface area contributed by atoms with Crippen LogP contribution in [0.5, 0.6) is 5.75 Å². The van der Waals surface area contributed by atoms with E-state index >= 15 is 0 Å². The smallest absolute Gasteiger partial charge is 0.261 e. The van der Waals surface area contributed by atoms with E-state index in [-0.39, 0.29) is 11.9 Å². The highest BCUT2D eigenvalue weighted by Gasteiger charge is 2.21. The zero-order chi connectivity index (χ0) is 17.8. The fourth-order valence-corrected chi connectivity index (χ4v) is 4.56. The number of carbonyl (C=O) groups is 1. The van der Waals surface area contributed by atoms with Crippen LogP contribution in [0.4, 0.5) is 0 Å². The van der Waals surface area contributed by atoms with Crippen LogP contribution in [-0.2, 0) is 12.8 Å². The van der Waals surface area contributed by atoms with Crippen LogP contribution in [0.15, 0.2) is 30.3 Å². The van der Waals surface area contributed by atoms with Crippen LogP contribution in [0.3, 0.4) is 0 Å². The molecule has 134 valence electrons. The van der Waals surface area contributed by atoms with Gasteiger partial charge < -0.3 is 15.0 Å². The lowest BCUT2D eigenvalue weighted by atomic mass is 9.99. The number of fused-ring (bicyclic) bond motifs is 1. The number of ether oxygens (including phenoxy) is 1. The minimum Gasteiger partial charge on any atom is -0.496 e. The van der Waals surface area contributed by atoms with Gasteiger partial charge in [0, 0.05) is 17.0 Å². The molecule has 2 aromatic rings. The number of rotatable bonds is 6. The molecular weight excluding hydrogens is 332 g/mol. The van der Waals surface area contributed by atoms with Crippen molar-refractivity contribution in [1.82, 2.24) is 10.2 Å². The summed E-state index contributed by atoms with van der Waals surface area (Å²) >= 11 is 1.66. The Morgan fingerprint density at radius 3 is 2.76 bits per heavy atom. The van der Waals surface area contributed by atoms with E-state index in [9.17, 15) is 4.79 Å². The fraction of sp³-hybridized carbons (Fsp3) is 0.450. The maximum Gasteiger partial charge on any atom is 0.261 e. The molecule has 0 radical (unpaired) electrons. The van der Waals surface area contributed by atoms with Gasteiger partial charge in [0.1, 0.15) is 5.75 Å². The molecule has 5 heteroatoms. The Bertz CT molecular complexity index is 716. The third-order valence-corrected chi connectivity index (χ3v) is 6.03. The molecule has 1 aliphatic rings. The number of likely N-dealkylation sites (N-methyl/N-ethyl adjacent to an activating group) is 1. The van der Waals surface area contributed by atoms with E-state index in [0.717, 1.165) is 29.0 Å². The van der Waals surface area contributed by atoms with E-state index in [1.807, 2.05) is 32.3 Å². The highest BCUT2D eigenvalue weighted by atomic mass is 32.1. The summed E-state index contributed by atoms with van der Waals surface area (Å²) in [5.41, 5.74) is 2.45. The maximum absolute atomic E-state index is 12.6. The van der Waals surface area contributed by atoms with Gasteiger partial charge in [0.2, 0.25) is 0 Å². The zero-order valence-electron chi connectivity index (χ0n) is 15.2. The van der Waals surface area contributed by atoms with Gasteiger partial charge >= 0.3 is 0 Å². The Balaban J connectivity index is 1.71. The molecule has 0 bridgehead atoms. The number of para-hydroxylation sites is 1. The first-order chi connectivity index (χ1) is 12.1. The van der Waals surface area contributed by atoms with Crippen LogP contribution < -0.4 is 10.1 Å². The lowest BCUT2D eigenvalue weighted by molar-refractivity contribution is 0.0945. The van der Waals surface area contributed by atoms with Gasteiger partial charge in [-0.1, -0.05) is 18.2 Å². The van der Waals surface area contributed by atoms with Crippen LogP contribution >= 0.6 is 11.3 Å². The molecule has 25 heavy (non-hydrogen) atoms. The van der Waals surface area contributed by atoms with Crippen molar-refractivity contribution in [2.75, 3.05) is 27.7 Å². The number of carbonyl (C=O) groups excluding carboxylic acids is 1. The molecule has 0 saturated heterocycles. The van der Waals surface area contributed by atoms with E-state index in [4.69, 9.17) is 4.74 Å². The number of nitrogens with one attached hydrogen (secondary N) is 1. The molecule has 0 spiro atoms. The second-order valence-electron chi connectivity index (χ2n) is 6.70. The molecule has 1 amide bonds. The molecule has 3 rings (SSSR count). The summed E-state index contributed by atoms with van der Waals surface area (Å²) in [6.07, 6.45) is 4.71. The first-order valence-corrected chi connectivity index (χ1v) is 9.61. The highest BCUT2D eigenvalue weighted by molar-refractivity contribution is 7.14. The van der Waals surface area contributed by atoms with Crippen molar-refractivity contribution in [3.05, 3.63) is 51.2 Å². The Labute approximate surface area is 153 Å². The Kier molecular flexibility index (Phi) is 5.76. The van der Waals surface area contributed by atoms with Crippen molar-refractivity contribution in [3.63, 3.8) is 0 Å². The predicted octanol–water partition coefficient (Wildman–Crippen LogP) is 3.67. The summed E-state index contributed by atoms with van der Waals surface area (Å²) in [4.78, 5) is 17.0. The van der Waals surface area contributed by atoms with Crippen molar-refractivity contribution < 1.29 is 9.53 Å². The van der Waals surface area contributed by atoms with Crippen molar-refractivity contribution in [1.29, 1.82) is 0 Å². The number of aryl methyl sites for hydroxylation is 2. The van der Waals surface area contributed by atoms with Gasteiger partial charge in [-0.05, 0) is 57.5 Å². The first-order valence-electron chi connectivity index (χ1n) is 8.79. The zero-order valence-corrected chi connectivity index (χ0v) is 16.0. The van der Waals surface area contributed by atoms with E-state index in [1.165, 1.54) is 23.3 Å². The van der Waals surface area contributed by atoms with E-state index in [0.29, 0.717) is 6.54 Å². The van der Waals surface area contributed by atoms with Gasteiger partial charge in [-0.15, -0.1) is 11.3 Å². The summed E-state index contributed by atoms with van der Waals surface area (Å²) in [6.45, 7) is 0.550. The molecule has 1 N–H and O–H groups in total. The van der Waals surface area contributed by atoms with Gasteiger partial charge in [-0.25, -0.2) is 0 Å². The molecule has 0 aliphatic heterocycles. The lowest BCUT2D eigenvalue weighted by Crippen LogP contribution is -2.34. The van der Waals surface area contributed by atoms with E-state index < -0.39 is 0 Å². The van der Waals surface area contributed by atoms with Gasteiger partial charge in [0.15, 0.2) is 0 Å². The summed E-state index contributed by atoms with van der Waals surface area (Å²) < 4.78 is 5.49. The standard InChI is InChI=1S/C20H26N2O2S/c1-22(2)16(15-9-5-6-10-17(15)24-3)13-21-20(23)19-12-14-8-4-7-11-18(14)25-19/h5-6,9-10,12,16H,4,7-8,11,13H2,1-3H3,(H,21,23). The highest BCUT2D eigenvalue weighted by Crippen LogP contribution is 2.30. The molecule has 1 atom stereocenters. The van der Waals surface area contributed by atoms with Crippen molar-refractivity contribution in [2.24, 2.45) is 0 Å². The molecular formula is C20H26N2O2S. The third-order valence-electron chi connectivity index (χ3n) is 4.80. The molecule has 1 heterocycles. The average molecular weight is 359 g/mol. The average Bonchev–Trinajstić information content (AvgIpc) is 3.06.